The van der Waals surface area contributed by atoms with E-state index >= 15 is 0 Å². The zero-order chi connectivity index (χ0) is 15.9. The van der Waals surface area contributed by atoms with Gasteiger partial charge >= 0.3 is 17.9 Å². The van der Waals surface area contributed by atoms with Crippen molar-refractivity contribution in [1.82, 2.24) is 4.90 Å². The molecule has 0 aliphatic rings. The number of nitrogens with zero attached hydrogens (tertiary/aromatic N) is 1. The molecular weight excluding hydrogens is 274 g/mol. The first-order chi connectivity index (χ1) is 9.20. The van der Waals surface area contributed by atoms with Gasteiger partial charge in [-0.25, -0.2) is 4.79 Å². The predicted octanol–water partition coefficient (Wildman–Crippen LogP) is -1.41. The number of carboxylic acid groups (broad SMARTS) is 1. The average molecular weight is 289 g/mol. The summed E-state index contributed by atoms with van der Waals surface area (Å²) in [5.41, 5.74) is 0. The largest absolute Gasteiger partial charge is 0.478 e. The highest BCUT2D eigenvalue weighted by atomic mass is 16.6. The fraction of sp³-hybridized carbons (Fsp3) is 0.545. The van der Waals surface area contributed by atoms with E-state index in [1.807, 2.05) is 0 Å². The van der Waals surface area contributed by atoms with E-state index in [0.29, 0.717) is 6.29 Å². The van der Waals surface area contributed by atoms with Gasteiger partial charge in [-0.15, -0.1) is 0 Å². The summed E-state index contributed by atoms with van der Waals surface area (Å²) >= 11 is 0. The highest BCUT2D eigenvalue weighted by Gasteiger charge is 2.40. The number of aliphatic carboxylic acids is 1. The second-order valence-electron chi connectivity index (χ2n) is 3.78. The number of carbonyl (C=O) groups is 5. The number of amides is 1. The molecule has 0 aromatic heterocycles. The molecule has 0 heterocycles. The maximum atomic E-state index is 11.9. The third-order valence-corrected chi connectivity index (χ3v) is 2.07. The van der Waals surface area contributed by atoms with E-state index < -0.39 is 36.0 Å². The summed E-state index contributed by atoms with van der Waals surface area (Å²) in [5.74, 6) is -4.51. The van der Waals surface area contributed by atoms with Crippen LogP contribution in [0.25, 0.3) is 0 Å². The summed E-state index contributed by atoms with van der Waals surface area (Å²) in [6.07, 6.45) is -3.44. The lowest BCUT2D eigenvalue weighted by molar-refractivity contribution is -0.183. The van der Waals surface area contributed by atoms with Crippen LogP contribution in [0, 0.1) is 0 Å². The van der Waals surface area contributed by atoms with Gasteiger partial charge in [-0.05, 0) is 0 Å². The summed E-state index contributed by atoms with van der Waals surface area (Å²) in [6, 6.07) is 0. The number of ether oxygens (including phenoxy) is 2. The molecular formula is C11H15NO8. The van der Waals surface area contributed by atoms with Crippen molar-refractivity contribution in [2.75, 3.05) is 13.6 Å². The number of rotatable bonds is 7. The van der Waals surface area contributed by atoms with Crippen molar-refractivity contribution in [2.24, 2.45) is 0 Å². The Balaban J connectivity index is 5.32. The molecule has 0 rings (SSSR count). The van der Waals surface area contributed by atoms with Crippen LogP contribution < -0.4 is 0 Å². The van der Waals surface area contributed by atoms with E-state index in [1.165, 1.54) is 7.05 Å². The van der Waals surface area contributed by atoms with Gasteiger partial charge in [0.2, 0.25) is 12.2 Å². The monoisotopic (exact) mass is 289 g/mol. The van der Waals surface area contributed by atoms with Gasteiger partial charge in [0.15, 0.2) is 0 Å². The summed E-state index contributed by atoms with van der Waals surface area (Å²) < 4.78 is 9.07. The molecule has 0 fully saturated rings. The summed E-state index contributed by atoms with van der Waals surface area (Å²) in [6.45, 7) is 1.58. The van der Waals surface area contributed by atoms with Crippen LogP contribution in [-0.4, -0.2) is 65.9 Å². The number of carbonyl (C=O) groups excluding carboxylic acids is 4. The van der Waals surface area contributed by atoms with E-state index in [0.717, 1.165) is 18.7 Å². The molecule has 0 bridgehead atoms. The molecule has 20 heavy (non-hydrogen) atoms. The third-order valence-electron chi connectivity index (χ3n) is 2.07. The Kier molecular flexibility index (Phi) is 6.91. The van der Waals surface area contributed by atoms with Crippen LogP contribution in [0.4, 0.5) is 0 Å². The summed E-state index contributed by atoms with van der Waals surface area (Å²) in [7, 11) is 1.21. The van der Waals surface area contributed by atoms with Crippen molar-refractivity contribution >= 4 is 30.1 Å². The Bertz CT molecular complexity index is 419. The molecule has 0 aliphatic heterocycles. The van der Waals surface area contributed by atoms with Crippen LogP contribution in [0.3, 0.4) is 0 Å². The Morgan fingerprint density at radius 1 is 1.10 bits per heavy atom. The van der Waals surface area contributed by atoms with Crippen molar-refractivity contribution in [1.29, 1.82) is 0 Å². The van der Waals surface area contributed by atoms with Gasteiger partial charge in [-0.1, -0.05) is 0 Å². The molecule has 112 valence electrons. The van der Waals surface area contributed by atoms with Gasteiger partial charge in [0.05, 0.1) is 6.54 Å². The lowest BCUT2D eigenvalue weighted by Crippen LogP contribution is -2.50. The van der Waals surface area contributed by atoms with Crippen LogP contribution in [-0.2, 0) is 33.4 Å². The van der Waals surface area contributed by atoms with Gasteiger partial charge < -0.3 is 24.3 Å². The molecule has 0 saturated carbocycles. The molecule has 0 saturated heterocycles. The second-order valence-corrected chi connectivity index (χ2v) is 3.78. The Morgan fingerprint density at radius 2 is 1.55 bits per heavy atom. The quantitative estimate of drug-likeness (QED) is 0.447. The van der Waals surface area contributed by atoms with Gasteiger partial charge in [0.25, 0.3) is 5.91 Å². The molecule has 9 heteroatoms. The number of carboxylic acids is 1. The second kappa shape index (κ2) is 7.87. The molecule has 0 radical (unpaired) electrons. The van der Waals surface area contributed by atoms with Crippen LogP contribution >= 0.6 is 0 Å². The standard InChI is InChI=1S/C11H15NO8/c1-6(14)19-8(10(16)12(3)4-5-13)9(11(17)18)20-7(2)15/h5,8-9H,4H2,1-3H3,(H,17,18). The van der Waals surface area contributed by atoms with Gasteiger partial charge in [0.1, 0.15) is 6.29 Å². The SMILES string of the molecule is CC(=O)OC(C(=O)O)C(OC(C)=O)C(=O)N(C)CC=O. The van der Waals surface area contributed by atoms with E-state index in [-0.39, 0.29) is 6.54 Å². The molecule has 2 atom stereocenters. The maximum Gasteiger partial charge on any atom is 0.349 e. The van der Waals surface area contributed by atoms with Crippen LogP contribution in [0.15, 0.2) is 0 Å². The molecule has 0 aromatic carbocycles. The number of aldehydes is 1. The maximum absolute atomic E-state index is 11.9. The highest BCUT2D eigenvalue weighted by molar-refractivity contribution is 5.91. The molecule has 1 amide bonds. The minimum atomic E-state index is -1.99. The predicted molar refractivity (Wildman–Crippen MR) is 62.4 cm³/mol. The van der Waals surface area contributed by atoms with E-state index in [9.17, 15) is 24.0 Å². The zero-order valence-corrected chi connectivity index (χ0v) is 11.2. The van der Waals surface area contributed by atoms with Crippen molar-refractivity contribution in [3.63, 3.8) is 0 Å². The van der Waals surface area contributed by atoms with Gasteiger partial charge in [-0.2, -0.15) is 0 Å². The van der Waals surface area contributed by atoms with Crippen molar-refractivity contribution < 1.29 is 38.6 Å². The van der Waals surface area contributed by atoms with E-state index in [2.05, 4.69) is 9.47 Å². The molecule has 0 spiro atoms. The van der Waals surface area contributed by atoms with Crippen molar-refractivity contribution in [3.8, 4) is 0 Å². The fourth-order valence-electron chi connectivity index (χ4n) is 1.26. The van der Waals surface area contributed by atoms with Crippen LogP contribution in [0.5, 0.6) is 0 Å². The number of hydrogen-bond acceptors (Lipinski definition) is 7. The lowest BCUT2D eigenvalue weighted by Gasteiger charge is -2.25. The topological polar surface area (TPSA) is 127 Å². The van der Waals surface area contributed by atoms with Gasteiger partial charge in [0, 0.05) is 20.9 Å². The first kappa shape index (κ1) is 17.6. The average Bonchev–Trinajstić information content (AvgIpc) is 2.32. The number of likely N-dealkylation sites (N-methyl/N-ethyl adjacent to an activating group) is 1. The Labute approximate surface area is 114 Å². The number of hydrogen-bond donors (Lipinski definition) is 1. The van der Waals surface area contributed by atoms with Crippen molar-refractivity contribution in [3.05, 3.63) is 0 Å². The fourth-order valence-corrected chi connectivity index (χ4v) is 1.26. The molecule has 0 aliphatic carbocycles. The third kappa shape index (κ3) is 5.46. The highest BCUT2D eigenvalue weighted by Crippen LogP contribution is 2.10. The van der Waals surface area contributed by atoms with E-state index in [1.54, 1.807) is 0 Å². The smallest absolute Gasteiger partial charge is 0.349 e. The minimum absolute atomic E-state index is 0.330. The molecule has 9 nitrogen and oxygen atoms in total. The van der Waals surface area contributed by atoms with E-state index in [4.69, 9.17) is 5.11 Å². The minimum Gasteiger partial charge on any atom is -0.478 e. The van der Waals surface area contributed by atoms with Crippen molar-refractivity contribution in [2.45, 2.75) is 26.1 Å². The number of esters is 2. The first-order valence-electron chi connectivity index (χ1n) is 5.46. The normalized spacial score (nSPS) is 12.8. The zero-order valence-electron chi connectivity index (χ0n) is 11.2. The van der Waals surface area contributed by atoms with Gasteiger partial charge in [-0.3, -0.25) is 14.4 Å². The first-order valence-corrected chi connectivity index (χ1v) is 5.46. The Hall–Kier alpha value is -2.45. The lowest BCUT2D eigenvalue weighted by atomic mass is 10.1. The Morgan fingerprint density at radius 3 is 1.90 bits per heavy atom. The summed E-state index contributed by atoms with van der Waals surface area (Å²) in [4.78, 5) is 56.0. The summed E-state index contributed by atoms with van der Waals surface area (Å²) in [5, 5.41) is 8.96. The van der Waals surface area contributed by atoms with Crippen LogP contribution in [0.2, 0.25) is 0 Å². The molecule has 2 unspecified atom stereocenters. The van der Waals surface area contributed by atoms with Crippen LogP contribution in [0.1, 0.15) is 13.8 Å². The molecule has 1 N–H and O–H groups in total. The molecule has 0 aromatic rings.